The van der Waals surface area contributed by atoms with Gasteiger partial charge in [0.15, 0.2) is 8.24 Å². The van der Waals surface area contributed by atoms with E-state index in [-0.39, 0.29) is 0 Å². The van der Waals surface area contributed by atoms with Crippen LogP contribution in [0, 0.1) is 0 Å². The van der Waals surface area contributed by atoms with Crippen LogP contribution in [0.2, 0.25) is 19.6 Å². The number of hydrogen-bond acceptors (Lipinski definition) is 1. The van der Waals surface area contributed by atoms with Crippen LogP contribution in [0.25, 0.3) is 0 Å². The van der Waals surface area contributed by atoms with Crippen molar-refractivity contribution in [2.45, 2.75) is 26.1 Å². The predicted molar refractivity (Wildman–Crippen MR) is 39.7 cm³/mol. The second-order valence-electron chi connectivity index (χ2n) is 3.47. The van der Waals surface area contributed by atoms with E-state index in [0.29, 0.717) is 5.91 Å². The first-order chi connectivity index (χ1) is 4.02. The van der Waals surface area contributed by atoms with Crippen molar-refractivity contribution in [1.29, 1.82) is 0 Å². The average molecular weight is 143 g/mol. The van der Waals surface area contributed by atoms with E-state index in [2.05, 4.69) is 19.6 Å². The molecule has 9 heavy (non-hydrogen) atoms. The Bertz CT molecular complexity index is 138. The Balaban J connectivity index is 2.54. The second-order valence-corrected chi connectivity index (χ2v) is 8.35. The molecule has 1 saturated heterocycles. The number of amides is 1. The minimum absolute atomic E-state index is 0.356. The fourth-order valence-corrected chi connectivity index (χ4v) is 2.67. The predicted octanol–water partition coefficient (Wildman–Crippen LogP) is 1.05. The highest BCUT2D eigenvalue weighted by atomic mass is 28.3. The van der Waals surface area contributed by atoms with Gasteiger partial charge in [0.2, 0.25) is 5.91 Å². The summed E-state index contributed by atoms with van der Waals surface area (Å²) in [6.45, 7) is 7.60. The summed E-state index contributed by atoms with van der Waals surface area (Å²) >= 11 is 0. The Morgan fingerprint density at radius 3 is 2.00 bits per heavy atom. The quantitative estimate of drug-likeness (QED) is 0.397. The van der Waals surface area contributed by atoms with Crippen molar-refractivity contribution in [1.82, 2.24) is 4.57 Å². The lowest BCUT2D eigenvalue weighted by atomic mass is 10.3. The van der Waals surface area contributed by atoms with E-state index in [4.69, 9.17) is 0 Å². The van der Waals surface area contributed by atoms with Crippen LogP contribution < -0.4 is 0 Å². The zero-order valence-corrected chi connectivity index (χ0v) is 7.27. The van der Waals surface area contributed by atoms with Crippen molar-refractivity contribution in [2.24, 2.45) is 0 Å². The van der Waals surface area contributed by atoms with Gasteiger partial charge in [-0.25, -0.2) is 0 Å². The van der Waals surface area contributed by atoms with Gasteiger partial charge in [0, 0.05) is 13.0 Å². The largest absolute Gasteiger partial charge is 0.369 e. The van der Waals surface area contributed by atoms with Gasteiger partial charge in [-0.05, 0) is 0 Å². The van der Waals surface area contributed by atoms with Crippen molar-refractivity contribution >= 4 is 14.1 Å². The van der Waals surface area contributed by atoms with Gasteiger partial charge in [-0.1, -0.05) is 19.6 Å². The molecule has 1 fully saturated rings. The highest BCUT2D eigenvalue weighted by Gasteiger charge is 2.34. The van der Waals surface area contributed by atoms with Gasteiger partial charge in [0.25, 0.3) is 0 Å². The summed E-state index contributed by atoms with van der Waals surface area (Å²) in [5, 5.41) is 0. The molecule has 2 nitrogen and oxygen atoms in total. The molecule has 0 saturated carbocycles. The highest BCUT2D eigenvalue weighted by molar-refractivity contribution is 6.75. The first-order valence-corrected chi connectivity index (χ1v) is 6.77. The standard InChI is InChI=1S/C6H13NOSi/c1-9(2,3)7-5-4-6(7)8/h4-5H2,1-3H3. The van der Waals surface area contributed by atoms with Crippen molar-refractivity contribution in [2.75, 3.05) is 6.54 Å². The number of carbonyl (C=O) groups is 1. The van der Waals surface area contributed by atoms with E-state index < -0.39 is 8.24 Å². The van der Waals surface area contributed by atoms with Crippen LogP contribution in [-0.4, -0.2) is 25.3 Å². The van der Waals surface area contributed by atoms with Crippen LogP contribution in [0.3, 0.4) is 0 Å². The molecule has 52 valence electrons. The Labute approximate surface area is 56.9 Å². The minimum atomic E-state index is -1.25. The first kappa shape index (κ1) is 6.80. The van der Waals surface area contributed by atoms with Gasteiger partial charge < -0.3 is 4.57 Å². The highest BCUT2D eigenvalue weighted by Crippen LogP contribution is 2.18. The fraction of sp³-hybridized carbons (Fsp3) is 0.833. The molecule has 0 unspecified atom stereocenters. The summed E-state index contributed by atoms with van der Waals surface area (Å²) in [7, 11) is -1.25. The van der Waals surface area contributed by atoms with E-state index in [9.17, 15) is 4.79 Å². The molecule has 0 radical (unpaired) electrons. The molecule has 0 bridgehead atoms. The first-order valence-electron chi connectivity index (χ1n) is 3.32. The number of carbonyl (C=O) groups excluding carboxylic acids is 1. The van der Waals surface area contributed by atoms with Crippen molar-refractivity contribution in [3.63, 3.8) is 0 Å². The lowest BCUT2D eigenvalue weighted by Gasteiger charge is -2.40. The van der Waals surface area contributed by atoms with Crippen LogP contribution >= 0.6 is 0 Å². The van der Waals surface area contributed by atoms with Gasteiger partial charge in [0.1, 0.15) is 0 Å². The number of hydrogen-bond donors (Lipinski definition) is 0. The minimum Gasteiger partial charge on any atom is -0.369 e. The van der Waals surface area contributed by atoms with Crippen molar-refractivity contribution < 1.29 is 4.79 Å². The third kappa shape index (κ3) is 1.15. The Morgan fingerprint density at radius 2 is 2.00 bits per heavy atom. The normalized spacial score (nSPS) is 19.9. The Kier molecular flexibility index (Phi) is 1.39. The zero-order chi connectivity index (χ0) is 7.07. The molecule has 0 aromatic rings. The van der Waals surface area contributed by atoms with Crippen molar-refractivity contribution in [3.8, 4) is 0 Å². The van der Waals surface area contributed by atoms with E-state index in [0.717, 1.165) is 13.0 Å². The molecule has 3 heteroatoms. The van der Waals surface area contributed by atoms with Gasteiger partial charge in [-0.2, -0.15) is 0 Å². The Morgan fingerprint density at radius 1 is 1.44 bits per heavy atom. The fourth-order valence-electron chi connectivity index (χ4n) is 1.02. The lowest BCUT2D eigenvalue weighted by Crippen LogP contribution is -2.57. The van der Waals surface area contributed by atoms with Gasteiger partial charge >= 0.3 is 0 Å². The summed E-state index contributed by atoms with van der Waals surface area (Å²) < 4.78 is 2.03. The lowest BCUT2D eigenvalue weighted by molar-refractivity contribution is -0.133. The molecule has 1 amide bonds. The van der Waals surface area contributed by atoms with E-state index in [1.807, 2.05) is 4.57 Å². The molecule has 0 N–H and O–H groups in total. The molecule has 1 heterocycles. The molecule has 0 aromatic heterocycles. The molecule has 0 atom stereocenters. The van der Waals surface area contributed by atoms with Crippen molar-refractivity contribution in [3.05, 3.63) is 0 Å². The average Bonchev–Trinajstić information content (AvgIpc) is 1.57. The number of β-lactam (4-membered cyclic amide) rings is 1. The topological polar surface area (TPSA) is 20.3 Å². The van der Waals surface area contributed by atoms with Crippen LogP contribution in [0.15, 0.2) is 0 Å². The van der Waals surface area contributed by atoms with Crippen LogP contribution in [-0.2, 0) is 4.79 Å². The maximum atomic E-state index is 10.8. The van der Waals surface area contributed by atoms with Gasteiger partial charge in [0.05, 0.1) is 0 Å². The molecule has 1 aliphatic heterocycles. The monoisotopic (exact) mass is 143 g/mol. The zero-order valence-electron chi connectivity index (χ0n) is 6.27. The number of nitrogens with zero attached hydrogens (tertiary/aromatic N) is 1. The summed E-state index contributed by atoms with van der Waals surface area (Å²) in [6, 6.07) is 0. The summed E-state index contributed by atoms with van der Waals surface area (Å²) in [6.07, 6.45) is 0.782. The van der Waals surface area contributed by atoms with Gasteiger partial charge in [-0.15, -0.1) is 0 Å². The summed E-state index contributed by atoms with van der Waals surface area (Å²) in [5.74, 6) is 0.356. The molecule has 0 aromatic carbocycles. The molecular formula is C6H13NOSi. The summed E-state index contributed by atoms with van der Waals surface area (Å²) in [4.78, 5) is 10.8. The molecule has 0 aliphatic carbocycles. The van der Waals surface area contributed by atoms with Crippen LogP contribution in [0.1, 0.15) is 6.42 Å². The molecular weight excluding hydrogens is 130 g/mol. The van der Waals surface area contributed by atoms with Crippen LogP contribution in [0.4, 0.5) is 0 Å². The van der Waals surface area contributed by atoms with Gasteiger partial charge in [-0.3, -0.25) is 4.79 Å². The molecule has 0 spiro atoms. The van der Waals surface area contributed by atoms with E-state index in [1.54, 1.807) is 0 Å². The third-order valence-electron chi connectivity index (χ3n) is 1.66. The number of rotatable bonds is 1. The maximum absolute atomic E-state index is 10.8. The third-order valence-corrected chi connectivity index (χ3v) is 3.75. The van der Waals surface area contributed by atoms with E-state index >= 15 is 0 Å². The Hall–Kier alpha value is -0.313. The smallest absolute Gasteiger partial charge is 0.216 e. The summed E-state index contributed by atoms with van der Waals surface area (Å²) in [5.41, 5.74) is 0. The second kappa shape index (κ2) is 1.83. The van der Waals surface area contributed by atoms with E-state index in [1.165, 1.54) is 0 Å². The molecule has 1 aliphatic rings. The maximum Gasteiger partial charge on any atom is 0.216 e. The SMILES string of the molecule is C[Si](C)(C)N1CCC1=O. The molecule has 1 rings (SSSR count). The van der Waals surface area contributed by atoms with Crippen LogP contribution in [0.5, 0.6) is 0 Å².